The van der Waals surface area contributed by atoms with Gasteiger partial charge in [0, 0.05) is 15.8 Å². The highest BCUT2D eigenvalue weighted by Crippen LogP contribution is 2.68. The molecule has 2 bridgehead atoms. The van der Waals surface area contributed by atoms with E-state index in [1.807, 2.05) is 30.3 Å². The maximum absolute atomic E-state index is 14.2. The number of rotatable bonds is 9. The standard InChI is InChI=1S/C28H31BrN2O6S/c1-3-37-27(35)21-22-26(34)31(18(15-32)13-16-7-5-4-6-8-16)24(28(22)14-20(29)23(21)38-28)25(33)30-17-9-11-19(36-2)12-10-17/h4-12,18,20-24,32H,3,13-15H2,1-2H3,(H,30,33)/t18-,20?,21-,22+,23-,24?,28?/m1/s1. The number of likely N-dealkylation sites (tertiary alicyclic amines) is 1. The van der Waals surface area contributed by atoms with Crippen LogP contribution in [0.3, 0.4) is 0 Å². The summed E-state index contributed by atoms with van der Waals surface area (Å²) < 4.78 is 9.80. The van der Waals surface area contributed by atoms with Crippen molar-refractivity contribution in [2.24, 2.45) is 11.8 Å². The van der Waals surface area contributed by atoms with E-state index < -0.39 is 34.6 Å². The molecule has 8 nitrogen and oxygen atoms in total. The number of hydrogen-bond donors (Lipinski definition) is 2. The predicted molar refractivity (Wildman–Crippen MR) is 148 cm³/mol. The first-order chi connectivity index (χ1) is 18.3. The number of nitrogens with one attached hydrogen (secondary N) is 1. The zero-order chi connectivity index (χ0) is 27.0. The molecule has 2 aromatic carbocycles. The van der Waals surface area contributed by atoms with Crippen LogP contribution in [0.15, 0.2) is 54.6 Å². The number of anilines is 1. The Morgan fingerprint density at radius 3 is 2.55 bits per heavy atom. The highest BCUT2D eigenvalue weighted by molar-refractivity contribution is 9.09. The molecule has 202 valence electrons. The first-order valence-electron chi connectivity index (χ1n) is 12.7. The number of ether oxygens (including phenoxy) is 2. The number of nitrogens with zero attached hydrogens (tertiary/aromatic N) is 1. The number of aliphatic hydroxyl groups excluding tert-OH is 1. The van der Waals surface area contributed by atoms with E-state index in [2.05, 4.69) is 21.2 Å². The number of carbonyl (C=O) groups excluding carboxylic acids is 3. The van der Waals surface area contributed by atoms with Crippen LogP contribution in [-0.2, 0) is 25.5 Å². The second kappa shape index (κ2) is 10.9. The molecule has 3 saturated heterocycles. The Labute approximate surface area is 234 Å². The topological polar surface area (TPSA) is 105 Å². The molecule has 2 N–H and O–H groups in total. The molecule has 5 rings (SSSR count). The fraction of sp³-hybridized carbons (Fsp3) is 0.464. The average Bonchev–Trinajstić information content (AvgIpc) is 3.51. The Bertz CT molecular complexity index is 1200. The van der Waals surface area contributed by atoms with Crippen LogP contribution in [-0.4, -0.2) is 75.0 Å². The third-order valence-electron chi connectivity index (χ3n) is 7.81. The van der Waals surface area contributed by atoms with Gasteiger partial charge in [0.15, 0.2) is 0 Å². The number of thioether (sulfide) groups is 1. The van der Waals surface area contributed by atoms with Crippen LogP contribution in [0.25, 0.3) is 0 Å². The van der Waals surface area contributed by atoms with Gasteiger partial charge in [0.25, 0.3) is 0 Å². The Morgan fingerprint density at radius 1 is 1.21 bits per heavy atom. The van der Waals surface area contributed by atoms with Gasteiger partial charge in [-0.2, -0.15) is 0 Å². The van der Waals surface area contributed by atoms with Crippen molar-refractivity contribution >= 4 is 51.2 Å². The highest BCUT2D eigenvalue weighted by Gasteiger charge is 2.76. The minimum absolute atomic E-state index is 0.0520. The van der Waals surface area contributed by atoms with Crippen LogP contribution in [0, 0.1) is 11.8 Å². The van der Waals surface area contributed by atoms with Crippen molar-refractivity contribution in [3.05, 3.63) is 60.2 Å². The summed E-state index contributed by atoms with van der Waals surface area (Å²) in [5, 5.41) is 13.3. The van der Waals surface area contributed by atoms with Crippen molar-refractivity contribution in [3.63, 3.8) is 0 Å². The average molecular weight is 604 g/mol. The van der Waals surface area contributed by atoms with Gasteiger partial charge in [0.1, 0.15) is 11.8 Å². The Hall–Kier alpha value is -2.56. The summed E-state index contributed by atoms with van der Waals surface area (Å²) >= 11 is 5.28. The Balaban J connectivity index is 1.54. The molecular formula is C28H31BrN2O6S. The van der Waals surface area contributed by atoms with Crippen molar-refractivity contribution in [2.75, 3.05) is 25.6 Å². The van der Waals surface area contributed by atoms with Crippen molar-refractivity contribution < 1.29 is 29.0 Å². The lowest BCUT2D eigenvalue weighted by Gasteiger charge is -2.37. The summed E-state index contributed by atoms with van der Waals surface area (Å²) in [7, 11) is 1.57. The molecular weight excluding hydrogens is 572 g/mol. The molecule has 0 aliphatic carbocycles. The summed E-state index contributed by atoms with van der Waals surface area (Å²) in [5.74, 6) is -1.73. The maximum Gasteiger partial charge on any atom is 0.310 e. The smallest absolute Gasteiger partial charge is 0.310 e. The van der Waals surface area contributed by atoms with E-state index >= 15 is 0 Å². The summed E-state index contributed by atoms with van der Waals surface area (Å²) in [6.45, 7) is 1.65. The zero-order valence-electron chi connectivity index (χ0n) is 21.2. The number of hydrogen-bond acceptors (Lipinski definition) is 7. The molecule has 0 aromatic heterocycles. The number of methoxy groups -OCH3 is 1. The van der Waals surface area contributed by atoms with Gasteiger partial charge in [-0.3, -0.25) is 14.4 Å². The predicted octanol–water partition coefficient (Wildman–Crippen LogP) is 3.27. The number of carbonyl (C=O) groups is 3. The fourth-order valence-electron chi connectivity index (χ4n) is 6.29. The van der Waals surface area contributed by atoms with Gasteiger partial charge >= 0.3 is 5.97 Å². The molecule has 0 saturated carbocycles. The summed E-state index contributed by atoms with van der Waals surface area (Å²) in [6.07, 6.45) is 0.934. The quantitative estimate of drug-likeness (QED) is 0.335. The molecule has 7 atom stereocenters. The second-order valence-electron chi connectivity index (χ2n) is 9.90. The van der Waals surface area contributed by atoms with Gasteiger partial charge in [0.2, 0.25) is 11.8 Å². The lowest BCUT2D eigenvalue weighted by Crippen LogP contribution is -2.55. The van der Waals surface area contributed by atoms with Gasteiger partial charge in [-0.25, -0.2) is 0 Å². The fourth-order valence-corrected chi connectivity index (χ4v) is 9.88. The number of halogens is 1. The molecule has 1 spiro atoms. The normalized spacial score (nSPS) is 30.2. The number of amides is 2. The molecule has 38 heavy (non-hydrogen) atoms. The van der Waals surface area contributed by atoms with E-state index in [0.29, 0.717) is 24.3 Å². The molecule has 3 fully saturated rings. The summed E-state index contributed by atoms with van der Waals surface area (Å²) in [5.41, 5.74) is 1.52. The van der Waals surface area contributed by atoms with Crippen LogP contribution in [0.1, 0.15) is 18.9 Å². The van der Waals surface area contributed by atoms with E-state index in [1.54, 1.807) is 55.0 Å². The van der Waals surface area contributed by atoms with Crippen molar-refractivity contribution in [1.29, 1.82) is 0 Å². The van der Waals surface area contributed by atoms with Crippen LogP contribution >= 0.6 is 27.7 Å². The number of aliphatic hydroxyl groups is 1. The third-order valence-corrected chi connectivity index (χ3v) is 11.0. The van der Waals surface area contributed by atoms with Crippen molar-refractivity contribution in [3.8, 4) is 5.75 Å². The first kappa shape index (κ1) is 27.0. The highest BCUT2D eigenvalue weighted by atomic mass is 79.9. The lowest BCUT2D eigenvalue weighted by molar-refractivity contribution is -0.154. The zero-order valence-corrected chi connectivity index (χ0v) is 23.6. The van der Waals surface area contributed by atoms with E-state index in [-0.39, 0.29) is 35.1 Å². The lowest BCUT2D eigenvalue weighted by atomic mass is 9.71. The molecule has 10 heteroatoms. The number of esters is 1. The van der Waals surface area contributed by atoms with Crippen LogP contribution in [0.4, 0.5) is 5.69 Å². The van der Waals surface area contributed by atoms with Gasteiger partial charge in [-0.05, 0) is 49.6 Å². The van der Waals surface area contributed by atoms with Gasteiger partial charge < -0.3 is 24.8 Å². The second-order valence-corrected chi connectivity index (χ2v) is 12.6. The van der Waals surface area contributed by atoms with Gasteiger partial charge in [-0.15, -0.1) is 11.8 Å². The first-order valence-corrected chi connectivity index (χ1v) is 14.5. The molecule has 3 unspecified atom stereocenters. The van der Waals surface area contributed by atoms with E-state index in [0.717, 1.165) is 5.56 Å². The summed E-state index contributed by atoms with van der Waals surface area (Å²) in [6, 6.07) is 15.1. The van der Waals surface area contributed by atoms with Gasteiger partial charge in [0.05, 0.1) is 42.9 Å². The van der Waals surface area contributed by atoms with E-state index in [9.17, 15) is 19.5 Å². The van der Waals surface area contributed by atoms with Crippen molar-refractivity contribution in [2.45, 2.75) is 46.7 Å². The summed E-state index contributed by atoms with van der Waals surface area (Å²) in [4.78, 5) is 42.9. The monoisotopic (exact) mass is 602 g/mol. The molecule has 3 aliphatic rings. The Morgan fingerprint density at radius 2 is 1.92 bits per heavy atom. The minimum atomic E-state index is -0.877. The largest absolute Gasteiger partial charge is 0.497 e. The van der Waals surface area contributed by atoms with Crippen molar-refractivity contribution in [1.82, 2.24) is 4.90 Å². The third kappa shape index (κ3) is 4.50. The Kier molecular flexibility index (Phi) is 7.75. The number of alkyl halides is 1. The maximum atomic E-state index is 14.2. The molecule has 3 aliphatic heterocycles. The number of fused-ring (bicyclic) bond motifs is 1. The van der Waals surface area contributed by atoms with E-state index in [4.69, 9.17) is 9.47 Å². The van der Waals surface area contributed by atoms with Crippen LogP contribution < -0.4 is 10.1 Å². The van der Waals surface area contributed by atoms with Crippen LogP contribution in [0.2, 0.25) is 0 Å². The van der Waals surface area contributed by atoms with Gasteiger partial charge in [-0.1, -0.05) is 46.3 Å². The van der Waals surface area contributed by atoms with E-state index in [1.165, 1.54) is 0 Å². The SMILES string of the molecule is CCOC(=O)[C@H]1[C@@H]2SC3(CC2Br)C(C(=O)Nc2ccc(OC)cc2)N([C@@H](CO)Cc2ccccc2)C(=O)[C@H]13. The molecule has 2 amide bonds. The molecule has 2 aromatic rings. The molecule has 0 radical (unpaired) electrons. The minimum Gasteiger partial charge on any atom is -0.497 e. The van der Waals surface area contributed by atoms with Crippen LogP contribution in [0.5, 0.6) is 5.75 Å². The molecule has 3 heterocycles. The number of benzene rings is 2.